The number of hydrogen-bond donors (Lipinski definition) is 1. The second kappa shape index (κ2) is 7.67. The lowest BCUT2D eigenvalue weighted by Gasteiger charge is -2.37. The van der Waals surface area contributed by atoms with Crippen molar-refractivity contribution in [2.45, 2.75) is 39.7 Å². The molecule has 4 nitrogen and oxygen atoms in total. The summed E-state index contributed by atoms with van der Waals surface area (Å²) in [6.07, 6.45) is 2.41. The number of esters is 1. The molecule has 1 aliphatic heterocycles. The Balaban J connectivity index is 2.44. The Hall–Kier alpha value is -0.610. The van der Waals surface area contributed by atoms with Crippen LogP contribution in [0.25, 0.3) is 0 Å². The van der Waals surface area contributed by atoms with Crippen molar-refractivity contribution in [3.8, 4) is 0 Å². The number of carbonyl (C=O) groups excluding carboxylic acids is 1. The van der Waals surface area contributed by atoms with Gasteiger partial charge in [0.1, 0.15) is 0 Å². The highest BCUT2D eigenvalue weighted by atomic mass is 16.5. The summed E-state index contributed by atoms with van der Waals surface area (Å²) in [7, 11) is 0. The largest absolute Gasteiger partial charge is 0.465 e. The summed E-state index contributed by atoms with van der Waals surface area (Å²) in [4.78, 5) is 13.7. The van der Waals surface area contributed by atoms with Gasteiger partial charge < -0.3 is 10.1 Å². The van der Waals surface area contributed by atoms with Gasteiger partial charge in [-0.05, 0) is 25.8 Å². The zero-order valence-electron chi connectivity index (χ0n) is 11.4. The van der Waals surface area contributed by atoms with E-state index in [1.165, 1.54) is 12.8 Å². The second-order valence-electron chi connectivity index (χ2n) is 4.76. The van der Waals surface area contributed by atoms with Gasteiger partial charge in [-0.3, -0.25) is 9.69 Å². The molecule has 2 unspecified atom stereocenters. The molecule has 2 atom stereocenters. The number of likely N-dealkylation sites (tertiary alicyclic amines) is 1. The van der Waals surface area contributed by atoms with Crippen molar-refractivity contribution in [3.63, 3.8) is 0 Å². The van der Waals surface area contributed by atoms with Crippen LogP contribution in [0.1, 0.15) is 33.6 Å². The minimum atomic E-state index is -0.0977. The Kier molecular flexibility index (Phi) is 6.52. The molecular formula is C13H26N2O2. The summed E-state index contributed by atoms with van der Waals surface area (Å²) in [6.45, 7) is 10.1. The van der Waals surface area contributed by atoms with Crippen molar-refractivity contribution >= 4 is 5.97 Å². The molecule has 0 bridgehead atoms. The first kappa shape index (κ1) is 14.5. The molecule has 0 aromatic carbocycles. The van der Waals surface area contributed by atoms with Gasteiger partial charge in [0.25, 0.3) is 0 Å². The summed E-state index contributed by atoms with van der Waals surface area (Å²) >= 11 is 0. The number of piperidine rings is 1. The maximum absolute atomic E-state index is 11.5. The van der Waals surface area contributed by atoms with Crippen molar-refractivity contribution in [2.75, 3.05) is 32.8 Å². The Morgan fingerprint density at radius 1 is 1.35 bits per heavy atom. The summed E-state index contributed by atoms with van der Waals surface area (Å²) in [5.41, 5.74) is 0. The number of nitrogens with one attached hydrogen (secondary N) is 1. The number of carbonyl (C=O) groups is 1. The van der Waals surface area contributed by atoms with Crippen molar-refractivity contribution in [1.82, 2.24) is 10.2 Å². The summed E-state index contributed by atoms with van der Waals surface area (Å²) < 4.78 is 5.01. The minimum absolute atomic E-state index is 0.0977. The van der Waals surface area contributed by atoms with Crippen LogP contribution >= 0.6 is 0 Å². The second-order valence-corrected chi connectivity index (χ2v) is 4.76. The van der Waals surface area contributed by atoms with E-state index in [1.807, 2.05) is 6.92 Å². The van der Waals surface area contributed by atoms with E-state index in [4.69, 9.17) is 4.74 Å². The van der Waals surface area contributed by atoms with Crippen molar-refractivity contribution in [1.29, 1.82) is 0 Å². The maximum atomic E-state index is 11.5. The van der Waals surface area contributed by atoms with E-state index in [0.717, 1.165) is 19.6 Å². The van der Waals surface area contributed by atoms with Crippen LogP contribution in [0, 0.1) is 5.92 Å². The van der Waals surface area contributed by atoms with Crippen LogP contribution in [0.5, 0.6) is 0 Å². The third-order valence-corrected chi connectivity index (χ3v) is 3.34. The van der Waals surface area contributed by atoms with Crippen molar-refractivity contribution in [2.24, 2.45) is 5.92 Å². The van der Waals surface area contributed by atoms with E-state index in [-0.39, 0.29) is 5.97 Å². The first-order valence-electron chi connectivity index (χ1n) is 6.80. The lowest BCUT2D eigenvalue weighted by Crippen LogP contribution is -2.50. The maximum Gasteiger partial charge on any atom is 0.320 e. The molecule has 100 valence electrons. The predicted octanol–water partition coefficient (Wildman–Crippen LogP) is 1.26. The van der Waals surface area contributed by atoms with Crippen LogP contribution in [0.15, 0.2) is 0 Å². The molecule has 4 heteroatoms. The van der Waals surface area contributed by atoms with E-state index < -0.39 is 0 Å². The van der Waals surface area contributed by atoms with Crippen molar-refractivity contribution in [3.05, 3.63) is 0 Å². The Labute approximate surface area is 105 Å². The van der Waals surface area contributed by atoms with Crippen LogP contribution < -0.4 is 5.32 Å². The van der Waals surface area contributed by atoms with Gasteiger partial charge in [-0.15, -0.1) is 0 Å². The molecule has 0 aliphatic carbocycles. The van der Waals surface area contributed by atoms with Gasteiger partial charge in [0.2, 0.25) is 0 Å². The fraction of sp³-hybridized carbons (Fsp3) is 0.923. The highest BCUT2D eigenvalue weighted by molar-refractivity contribution is 5.71. The van der Waals surface area contributed by atoms with Gasteiger partial charge >= 0.3 is 5.97 Å². The number of nitrogens with zero attached hydrogens (tertiary/aromatic N) is 1. The molecule has 1 N–H and O–H groups in total. The number of hydrogen-bond acceptors (Lipinski definition) is 4. The summed E-state index contributed by atoms with van der Waals surface area (Å²) in [5, 5.41) is 3.49. The van der Waals surface area contributed by atoms with Crippen LogP contribution in [-0.4, -0.2) is 49.7 Å². The van der Waals surface area contributed by atoms with Crippen LogP contribution in [-0.2, 0) is 9.53 Å². The molecule has 0 aromatic heterocycles. The molecule has 1 saturated heterocycles. The van der Waals surface area contributed by atoms with E-state index >= 15 is 0 Å². The van der Waals surface area contributed by atoms with E-state index in [0.29, 0.717) is 25.1 Å². The van der Waals surface area contributed by atoms with Crippen LogP contribution in [0.4, 0.5) is 0 Å². The van der Waals surface area contributed by atoms with E-state index in [9.17, 15) is 4.79 Å². The molecule has 0 saturated carbocycles. The summed E-state index contributed by atoms with van der Waals surface area (Å²) in [6, 6.07) is 0.521. The average Bonchev–Trinajstić information content (AvgIpc) is 2.29. The molecular weight excluding hydrogens is 216 g/mol. The highest BCUT2D eigenvalue weighted by Gasteiger charge is 2.26. The summed E-state index contributed by atoms with van der Waals surface area (Å²) in [5.74, 6) is 0.599. The first-order chi connectivity index (χ1) is 8.19. The Bertz CT molecular complexity index is 233. The zero-order chi connectivity index (χ0) is 12.7. The SMILES string of the molecule is CCNC1CC(CC)CN(CC(=O)OCC)C1. The fourth-order valence-electron chi connectivity index (χ4n) is 2.55. The Morgan fingerprint density at radius 3 is 2.71 bits per heavy atom. The average molecular weight is 242 g/mol. The third kappa shape index (κ3) is 5.04. The topological polar surface area (TPSA) is 41.6 Å². The molecule has 0 aromatic rings. The standard InChI is InChI=1S/C13H26N2O2/c1-4-11-7-12(14-5-2)9-15(8-11)10-13(16)17-6-3/h11-12,14H,4-10H2,1-3H3. The third-order valence-electron chi connectivity index (χ3n) is 3.34. The fourth-order valence-corrected chi connectivity index (χ4v) is 2.55. The minimum Gasteiger partial charge on any atom is -0.465 e. The molecule has 1 heterocycles. The van der Waals surface area contributed by atoms with Crippen LogP contribution in [0.3, 0.4) is 0 Å². The molecule has 0 radical (unpaired) electrons. The van der Waals surface area contributed by atoms with Crippen LogP contribution in [0.2, 0.25) is 0 Å². The Morgan fingerprint density at radius 2 is 2.12 bits per heavy atom. The monoisotopic (exact) mass is 242 g/mol. The number of ether oxygens (including phenoxy) is 1. The highest BCUT2D eigenvalue weighted by Crippen LogP contribution is 2.19. The number of rotatable bonds is 6. The molecule has 17 heavy (non-hydrogen) atoms. The number of likely N-dealkylation sites (N-methyl/N-ethyl adjacent to an activating group) is 1. The zero-order valence-corrected chi connectivity index (χ0v) is 11.4. The van der Waals surface area contributed by atoms with Gasteiger partial charge in [0.05, 0.1) is 13.2 Å². The van der Waals surface area contributed by atoms with Gasteiger partial charge in [0.15, 0.2) is 0 Å². The van der Waals surface area contributed by atoms with Gasteiger partial charge in [-0.1, -0.05) is 20.3 Å². The van der Waals surface area contributed by atoms with Gasteiger partial charge in [-0.2, -0.15) is 0 Å². The normalized spacial score (nSPS) is 25.8. The molecule has 1 rings (SSSR count). The molecule has 1 aliphatic rings. The van der Waals surface area contributed by atoms with Crippen molar-refractivity contribution < 1.29 is 9.53 Å². The lowest BCUT2D eigenvalue weighted by atomic mass is 9.92. The lowest BCUT2D eigenvalue weighted by molar-refractivity contribution is -0.145. The van der Waals surface area contributed by atoms with Gasteiger partial charge in [-0.25, -0.2) is 0 Å². The van der Waals surface area contributed by atoms with E-state index in [2.05, 4.69) is 24.1 Å². The molecule has 1 fully saturated rings. The first-order valence-corrected chi connectivity index (χ1v) is 6.80. The smallest absolute Gasteiger partial charge is 0.320 e. The quantitative estimate of drug-likeness (QED) is 0.712. The molecule has 0 amide bonds. The van der Waals surface area contributed by atoms with E-state index in [1.54, 1.807) is 0 Å². The van der Waals surface area contributed by atoms with Gasteiger partial charge in [0, 0.05) is 19.1 Å². The molecule has 0 spiro atoms. The predicted molar refractivity (Wildman–Crippen MR) is 68.9 cm³/mol.